The van der Waals surface area contributed by atoms with Crippen LogP contribution in [0.4, 0.5) is 0 Å². The van der Waals surface area contributed by atoms with Gasteiger partial charge < -0.3 is 15.4 Å². The Morgan fingerprint density at radius 3 is 1.85 bits per heavy atom. The average molecular weight is 719 g/mol. The number of rotatable bonds is 22. The number of benzene rings is 2. The zero-order chi connectivity index (χ0) is 38.3. The van der Waals surface area contributed by atoms with Gasteiger partial charge in [0, 0.05) is 24.7 Å². The molecule has 4 atom stereocenters. The summed E-state index contributed by atoms with van der Waals surface area (Å²) in [6.07, 6.45) is 1.78. The van der Waals surface area contributed by atoms with Gasteiger partial charge in [-0.3, -0.25) is 24.0 Å². The molecule has 52 heavy (non-hydrogen) atoms. The Bertz CT molecular complexity index is 1490. The van der Waals surface area contributed by atoms with E-state index in [-0.39, 0.29) is 55.0 Å². The molecule has 1 aliphatic rings. The van der Waals surface area contributed by atoms with Crippen LogP contribution < -0.4 is 10.6 Å². The minimum atomic E-state index is -0.883. The van der Waals surface area contributed by atoms with Gasteiger partial charge in [0.05, 0.1) is 25.3 Å². The van der Waals surface area contributed by atoms with Crippen LogP contribution in [-0.2, 0) is 41.6 Å². The van der Waals surface area contributed by atoms with Crippen molar-refractivity contribution in [3.63, 3.8) is 0 Å². The monoisotopic (exact) mass is 718 g/mol. The number of nitrogens with one attached hydrogen (secondary N) is 2. The van der Waals surface area contributed by atoms with Crippen molar-refractivity contribution in [3.05, 3.63) is 83.9 Å². The molecule has 1 saturated heterocycles. The number of aryl methyl sites for hydroxylation is 1. The maximum absolute atomic E-state index is 14.2. The molecule has 0 aliphatic carbocycles. The Morgan fingerprint density at radius 1 is 0.769 bits per heavy atom. The summed E-state index contributed by atoms with van der Waals surface area (Å²) in [5.41, 5.74) is 2.25. The van der Waals surface area contributed by atoms with Gasteiger partial charge >= 0.3 is 0 Å². The van der Waals surface area contributed by atoms with Gasteiger partial charge in [0.25, 0.3) is 0 Å². The first-order chi connectivity index (χ1) is 24.7. The highest BCUT2D eigenvalue weighted by Crippen LogP contribution is 2.21. The molecular formula is C42H60N3O7+. The zero-order valence-corrected chi connectivity index (χ0v) is 31.8. The Balaban J connectivity index is 1.83. The second-order valence-corrected chi connectivity index (χ2v) is 15.4. The van der Waals surface area contributed by atoms with E-state index in [4.69, 9.17) is 4.74 Å². The van der Waals surface area contributed by atoms with Gasteiger partial charge in [-0.15, -0.1) is 0 Å². The number of nitrogens with zero attached hydrogens (tertiary/aromatic N) is 1. The van der Waals surface area contributed by atoms with Crippen LogP contribution >= 0.6 is 0 Å². The molecule has 0 aromatic heterocycles. The van der Waals surface area contributed by atoms with E-state index in [1.54, 1.807) is 6.92 Å². The molecule has 1 aliphatic heterocycles. The van der Waals surface area contributed by atoms with Crippen LogP contribution in [0.3, 0.4) is 0 Å². The molecule has 1 fully saturated rings. The van der Waals surface area contributed by atoms with E-state index in [0.717, 1.165) is 11.1 Å². The summed E-state index contributed by atoms with van der Waals surface area (Å²) in [5.74, 6) is -2.90. The Hall–Kier alpha value is -3.99. The fraction of sp³-hybridized carbons (Fsp3) is 0.548. The Morgan fingerprint density at radius 2 is 1.29 bits per heavy atom. The van der Waals surface area contributed by atoms with E-state index in [0.29, 0.717) is 57.6 Å². The predicted octanol–water partition coefficient (Wildman–Crippen LogP) is 5.46. The van der Waals surface area contributed by atoms with Crippen molar-refractivity contribution >= 4 is 29.2 Å². The number of carbonyl (C=O) groups is 5. The highest BCUT2D eigenvalue weighted by Gasteiger charge is 2.36. The summed E-state index contributed by atoms with van der Waals surface area (Å²) in [4.78, 5) is 68.5. The fourth-order valence-electron chi connectivity index (χ4n) is 6.68. The molecule has 0 radical (unpaired) electrons. The minimum Gasteiger partial charge on any atom is -0.370 e. The second-order valence-electron chi connectivity index (χ2n) is 15.4. The van der Waals surface area contributed by atoms with Gasteiger partial charge in [0.15, 0.2) is 23.9 Å². The van der Waals surface area contributed by atoms with Crippen LogP contribution in [0.25, 0.3) is 0 Å². The zero-order valence-electron chi connectivity index (χ0n) is 31.8. The molecule has 0 spiro atoms. The Kier molecular flexibility index (Phi) is 17.0. The summed E-state index contributed by atoms with van der Waals surface area (Å²) in [6, 6.07) is 17.5. The smallest absolute Gasteiger partial charge is 0.224 e. The van der Waals surface area contributed by atoms with Crippen molar-refractivity contribution in [1.29, 1.82) is 0 Å². The largest absolute Gasteiger partial charge is 0.370 e. The number of hydroxylamine groups is 3. The van der Waals surface area contributed by atoms with Crippen LogP contribution in [0.1, 0.15) is 77.8 Å². The number of quaternary nitrogens is 1. The van der Waals surface area contributed by atoms with Crippen molar-refractivity contribution < 1.29 is 38.6 Å². The number of ether oxygens (including phenoxy) is 1. The summed E-state index contributed by atoms with van der Waals surface area (Å²) >= 11 is 0. The molecule has 1 heterocycles. The highest BCUT2D eigenvalue weighted by molar-refractivity contribution is 6.01. The highest BCUT2D eigenvalue weighted by atomic mass is 16.6. The summed E-state index contributed by atoms with van der Waals surface area (Å²) in [6.45, 7) is 14.5. The van der Waals surface area contributed by atoms with Gasteiger partial charge in [-0.05, 0) is 67.6 Å². The fourth-order valence-corrected chi connectivity index (χ4v) is 6.68. The third kappa shape index (κ3) is 14.6. The molecule has 0 saturated carbocycles. The van der Waals surface area contributed by atoms with Gasteiger partial charge in [0.1, 0.15) is 13.1 Å². The average Bonchev–Trinajstić information content (AvgIpc) is 3.09. The van der Waals surface area contributed by atoms with E-state index < -0.39 is 40.4 Å². The van der Waals surface area contributed by atoms with Crippen LogP contribution in [0.15, 0.2) is 72.8 Å². The molecule has 0 unspecified atom stereocenters. The number of amides is 2. The van der Waals surface area contributed by atoms with Crippen molar-refractivity contribution in [2.75, 3.05) is 32.8 Å². The lowest BCUT2D eigenvalue weighted by Gasteiger charge is -2.33. The first-order valence-corrected chi connectivity index (χ1v) is 18.7. The number of hydrogen-bond acceptors (Lipinski definition) is 7. The summed E-state index contributed by atoms with van der Waals surface area (Å²) in [7, 11) is 0. The molecule has 3 N–H and O–H groups in total. The van der Waals surface area contributed by atoms with Crippen molar-refractivity contribution in [1.82, 2.24) is 10.6 Å². The molecule has 2 aromatic carbocycles. The quantitative estimate of drug-likeness (QED) is 0.109. The summed E-state index contributed by atoms with van der Waals surface area (Å²) in [5, 5.41) is 16.9. The maximum Gasteiger partial charge on any atom is 0.224 e. The van der Waals surface area contributed by atoms with Gasteiger partial charge in [0.2, 0.25) is 11.8 Å². The van der Waals surface area contributed by atoms with Crippen molar-refractivity contribution in [2.24, 2.45) is 23.7 Å². The molecule has 284 valence electrons. The van der Waals surface area contributed by atoms with Crippen molar-refractivity contribution in [3.8, 4) is 0 Å². The third-order valence-corrected chi connectivity index (χ3v) is 9.56. The Labute approximate surface area is 309 Å². The van der Waals surface area contributed by atoms with E-state index in [9.17, 15) is 29.2 Å². The minimum absolute atomic E-state index is 0.0451. The van der Waals surface area contributed by atoms with Crippen LogP contribution in [0.2, 0.25) is 0 Å². The van der Waals surface area contributed by atoms with Gasteiger partial charge in [-0.1, -0.05) is 94.9 Å². The standard InChI is InChI=1S/C42H59N3O7/c1-29(2)23-37(39(47)27-35(25-33-15-11-8-12-16-33)42(50)44-38(24-30(3)4)40(48)31(5)6)43-41(49)34(18-17-32-13-9-7-10-14-32)26-36(46)28-45(51)19-21-52-22-20-45/h7-16,29-30,34-35,37-38,51H,5,17-28H2,1-4,6H3,(H-,43,44,49,50)/p+1/t34-,35-,37+,38+/m1/s1. The number of hydrogen-bond donors (Lipinski definition) is 3. The lowest BCUT2D eigenvalue weighted by molar-refractivity contribution is -1.10. The molecule has 2 amide bonds. The van der Waals surface area contributed by atoms with Gasteiger partial charge in [-0.25, -0.2) is 5.21 Å². The molecule has 10 nitrogen and oxygen atoms in total. The predicted molar refractivity (Wildman–Crippen MR) is 201 cm³/mol. The van der Waals surface area contributed by atoms with Crippen LogP contribution in [0, 0.1) is 23.7 Å². The lowest BCUT2D eigenvalue weighted by atomic mass is 9.87. The second kappa shape index (κ2) is 20.9. The SMILES string of the molecule is C=C(C)C(=O)[C@H](CC(C)C)NC(=O)[C@@H](CC(=O)[C@H](CC(C)C)NC(=O)[C@H](CCc1ccccc1)CC(=O)C[N+]1(O)CCOCC1)Cc1ccccc1. The first kappa shape index (κ1) is 42.4. The normalized spacial score (nSPS) is 16.4. The maximum atomic E-state index is 14.2. The lowest BCUT2D eigenvalue weighted by Crippen LogP contribution is -2.55. The third-order valence-electron chi connectivity index (χ3n) is 9.56. The van der Waals surface area contributed by atoms with Crippen LogP contribution in [-0.4, -0.2) is 83.9 Å². The number of carbonyl (C=O) groups excluding carboxylic acids is 5. The summed E-state index contributed by atoms with van der Waals surface area (Å²) < 4.78 is 4.94. The molecular weight excluding hydrogens is 658 g/mol. The molecule has 3 rings (SSSR count). The molecule has 10 heteroatoms. The number of Topliss-reactive ketones (excluding diaryl/α,β-unsaturated/α-hetero) is 3. The number of ketones is 3. The number of morpholine rings is 1. The van der Waals surface area contributed by atoms with E-state index in [2.05, 4.69) is 17.2 Å². The van der Waals surface area contributed by atoms with E-state index in [1.165, 1.54) is 0 Å². The molecule has 0 bridgehead atoms. The van der Waals surface area contributed by atoms with Crippen LogP contribution in [0.5, 0.6) is 0 Å². The van der Waals surface area contributed by atoms with E-state index >= 15 is 0 Å². The topological polar surface area (TPSA) is 139 Å². The van der Waals surface area contributed by atoms with Gasteiger partial charge in [-0.2, -0.15) is 4.65 Å². The molecule has 2 aromatic rings. The first-order valence-electron chi connectivity index (χ1n) is 18.7. The van der Waals surface area contributed by atoms with Crippen molar-refractivity contribution in [2.45, 2.75) is 91.6 Å². The van der Waals surface area contributed by atoms with E-state index in [1.807, 2.05) is 88.4 Å².